The third-order valence-electron chi connectivity index (χ3n) is 4.42. The number of aromatic nitrogens is 2. The van der Waals surface area contributed by atoms with Crippen molar-refractivity contribution < 1.29 is 4.79 Å². The van der Waals surface area contributed by atoms with Crippen LogP contribution in [-0.2, 0) is 17.8 Å². The van der Waals surface area contributed by atoms with Crippen LogP contribution in [0, 0.1) is 19.8 Å². The molecule has 2 aromatic rings. The number of hydrogen-bond acceptors (Lipinski definition) is 3. The van der Waals surface area contributed by atoms with Crippen molar-refractivity contribution >= 4 is 18.3 Å². The minimum Gasteiger partial charge on any atom is -0.354 e. The number of amides is 1. The number of halogens is 1. The second-order valence-electron chi connectivity index (χ2n) is 7.05. The van der Waals surface area contributed by atoms with Crippen LogP contribution in [0.5, 0.6) is 0 Å². The lowest BCUT2D eigenvalue weighted by molar-refractivity contribution is -0.121. The maximum Gasteiger partial charge on any atom is 0.220 e. The molecule has 1 amide bonds. The molecular formula is C20H31ClN4O. The summed E-state index contributed by atoms with van der Waals surface area (Å²) in [4.78, 5) is 12.2. The second kappa shape index (κ2) is 10.3. The predicted octanol–water partition coefficient (Wildman–Crippen LogP) is 3.33. The second-order valence-corrected chi connectivity index (χ2v) is 7.05. The third-order valence-corrected chi connectivity index (χ3v) is 4.42. The highest BCUT2D eigenvalue weighted by atomic mass is 35.5. The lowest BCUT2D eigenvalue weighted by atomic mass is 10.1. The van der Waals surface area contributed by atoms with Crippen LogP contribution in [0.3, 0.4) is 0 Å². The number of hydrogen-bond donors (Lipinski definition) is 2. The summed E-state index contributed by atoms with van der Waals surface area (Å²) in [5.74, 6) is 0.579. The van der Waals surface area contributed by atoms with Crippen LogP contribution in [0.1, 0.15) is 48.8 Å². The lowest BCUT2D eigenvalue weighted by Gasteiger charge is -2.13. The van der Waals surface area contributed by atoms with Gasteiger partial charge in [-0.25, -0.2) is 0 Å². The van der Waals surface area contributed by atoms with Crippen LogP contribution in [-0.4, -0.2) is 22.2 Å². The van der Waals surface area contributed by atoms with Gasteiger partial charge in [-0.1, -0.05) is 44.2 Å². The minimum atomic E-state index is -0.178. The summed E-state index contributed by atoms with van der Waals surface area (Å²) in [6.45, 7) is 9.82. The molecule has 5 nitrogen and oxygen atoms in total. The fourth-order valence-corrected chi connectivity index (χ4v) is 2.99. The maximum absolute atomic E-state index is 12.2. The van der Waals surface area contributed by atoms with Crippen molar-refractivity contribution in [3.05, 3.63) is 52.8 Å². The zero-order chi connectivity index (χ0) is 18.4. The van der Waals surface area contributed by atoms with E-state index in [4.69, 9.17) is 5.73 Å². The Kier molecular flexibility index (Phi) is 8.82. The van der Waals surface area contributed by atoms with E-state index in [9.17, 15) is 4.79 Å². The average molecular weight is 379 g/mol. The van der Waals surface area contributed by atoms with Crippen LogP contribution in [0.25, 0.3) is 0 Å². The summed E-state index contributed by atoms with van der Waals surface area (Å²) < 4.78 is 2.05. The van der Waals surface area contributed by atoms with E-state index in [1.807, 2.05) is 37.3 Å². The van der Waals surface area contributed by atoms with Gasteiger partial charge in [0.2, 0.25) is 5.91 Å². The largest absolute Gasteiger partial charge is 0.354 e. The molecule has 1 heterocycles. The topological polar surface area (TPSA) is 72.9 Å². The molecule has 1 aromatic carbocycles. The Balaban J connectivity index is 0.00000338. The molecular weight excluding hydrogens is 348 g/mol. The number of aryl methyl sites for hydroxylation is 1. The normalized spacial score (nSPS) is 11.9. The number of benzene rings is 1. The number of rotatable bonds is 8. The van der Waals surface area contributed by atoms with Crippen LogP contribution in [0.2, 0.25) is 0 Å². The van der Waals surface area contributed by atoms with Crippen molar-refractivity contribution in [2.45, 2.75) is 53.1 Å². The molecule has 26 heavy (non-hydrogen) atoms. The smallest absolute Gasteiger partial charge is 0.220 e. The first-order chi connectivity index (χ1) is 11.9. The first-order valence-corrected chi connectivity index (χ1v) is 8.98. The van der Waals surface area contributed by atoms with Gasteiger partial charge in [0, 0.05) is 31.2 Å². The van der Waals surface area contributed by atoms with Crippen molar-refractivity contribution in [3.63, 3.8) is 0 Å². The van der Waals surface area contributed by atoms with Crippen molar-refractivity contribution in [2.75, 3.05) is 6.54 Å². The molecule has 144 valence electrons. The molecule has 0 saturated heterocycles. The molecule has 0 saturated carbocycles. The summed E-state index contributed by atoms with van der Waals surface area (Å²) in [7, 11) is 0. The molecule has 0 fully saturated rings. The van der Waals surface area contributed by atoms with E-state index in [2.05, 4.69) is 35.9 Å². The Labute approximate surface area is 162 Å². The van der Waals surface area contributed by atoms with E-state index in [0.29, 0.717) is 25.3 Å². The molecule has 0 radical (unpaired) electrons. The van der Waals surface area contributed by atoms with E-state index in [1.54, 1.807) is 0 Å². The fourth-order valence-electron chi connectivity index (χ4n) is 2.99. The van der Waals surface area contributed by atoms with Gasteiger partial charge in [0.25, 0.3) is 0 Å². The van der Waals surface area contributed by atoms with Crippen molar-refractivity contribution in [3.8, 4) is 0 Å². The van der Waals surface area contributed by atoms with Gasteiger partial charge in [-0.3, -0.25) is 9.48 Å². The third kappa shape index (κ3) is 6.15. The fraction of sp³-hybridized carbons (Fsp3) is 0.500. The molecule has 6 heteroatoms. The van der Waals surface area contributed by atoms with Crippen molar-refractivity contribution in [2.24, 2.45) is 11.7 Å². The Morgan fingerprint density at radius 2 is 1.88 bits per heavy atom. The Hall–Kier alpha value is -1.85. The van der Waals surface area contributed by atoms with E-state index in [1.165, 1.54) is 11.3 Å². The highest BCUT2D eigenvalue weighted by Gasteiger charge is 2.14. The summed E-state index contributed by atoms with van der Waals surface area (Å²) in [6, 6.07) is 9.65. The molecule has 3 N–H and O–H groups in total. The molecule has 1 unspecified atom stereocenters. The Bertz CT molecular complexity index is 697. The summed E-state index contributed by atoms with van der Waals surface area (Å²) in [5.41, 5.74) is 10.5. The van der Waals surface area contributed by atoms with E-state index in [-0.39, 0.29) is 24.4 Å². The molecule has 1 aromatic heterocycles. The quantitative estimate of drug-likeness (QED) is 0.740. The van der Waals surface area contributed by atoms with Gasteiger partial charge in [-0.15, -0.1) is 12.4 Å². The molecule has 0 aliphatic carbocycles. The molecule has 2 rings (SSSR count). The van der Waals surface area contributed by atoms with E-state index in [0.717, 1.165) is 17.8 Å². The first-order valence-electron chi connectivity index (χ1n) is 8.98. The van der Waals surface area contributed by atoms with Crippen LogP contribution >= 0.6 is 12.4 Å². The number of carbonyl (C=O) groups is 1. The van der Waals surface area contributed by atoms with Crippen molar-refractivity contribution in [1.29, 1.82) is 0 Å². The standard InChI is InChI=1S/C20H30N4O.ClH/c1-14(2)13-24-16(4)18(15(3)23-24)10-11-20(25)22-12-19(21)17-8-6-5-7-9-17;/h5-9,14,19H,10-13,21H2,1-4H3,(H,22,25);1H. The zero-order valence-electron chi connectivity index (χ0n) is 16.2. The molecule has 0 bridgehead atoms. The monoisotopic (exact) mass is 378 g/mol. The Morgan fingerprint density at radius 1 is 1.23 bits per heavy atom. The van der Waals surface area contributed by atoms with E-state index < -0.39 is 0 Å². The number of nitrogens with two attached hydrogens (primary N) is 1. The summed E-state index contributed by atoms with van der Waals surface area (Å²) >= 11 is 0. The van der Waals surface area contributed by atoms with Gasteiger partial charge in [0.1, 0.15) is 0 Å². The van der Waals surface area contributed by atoms with Gasteiger partial charge in [-0.05, 0) is 37.3 Å². The Morgan fingerprint density at radius 3 is 2.50 bits per heavy atom. The lowest BCUT2D eigenvalue weighted by Crippen LogP contribution is -2.32. The average Bonchev–Trinajstić information content (AvgIpc) is 2.84. The van der Waals surface area contributed by atoms with Crippen LogP contribution in [0.15, 0.2) is 30.3 Å². The number of carbonyl (C=O) groups excluding carboxylic acids is 1. The van der Waals surface area contributed by atoms with Crippen molar-refractivity contribution in [1.82, 2.24) is 15.1 Å². The van der Waals surface area contributed by atoms with Gasteiger partial charge >= 0.3 is 0 Å². The molecule has 0 aliphatic rings. The molecule has 1 atom stereocenters. The number of nitrogens with one attached hydrogen (secondary N) is 1. The highest BCUT2D eigenvalue weighted by molar-refractivity contribution is 5.85. The highest BCUT2D eigenvalue weighted by Crippen LogP contribution is 2.16. The minimum absolute atomic E-state index is 0. The van der Waals surface area contributed by atoms with E-state index >= 15 is 0 Å². The predicted molar refractivity (Wildman–Crippen MR) is 108 cm³/mol. The molecule has 0 aliphatic heterocycles. The van der Waals surface area contributed by atoms with Crippen LogP contribution in [0.4, 0.5) is 0 Å². The SMILES string of the molecule is Cc1nn(CC(C)C)c(C)c1CCC(=O)NCC(N)c1ccccc1.Cl. The first kappa shape index (κ1) is 22.2. The van der Waals surface area contributed by atoms with Gasteiger partial charge < -0.3 is 11.1 Å². The maximum atomic E-state index is 12.2. The summed E-state index contributed by atoms with van der Waals surface area (Å²) in [6.07, 6.45) is 1.17. The molecule has 0 spiro atoms. The van der Waals surface area contributed by atoms with Gasteiger partial charge in [-0.2, -0.15) is 5.10 Å². The van der Waals surface area contributed by atoms with Gasteiger partial charge in [0.05, 0.1) is 5.69 Å². The van der Waals surface area contributed by atoms with Crippen LogP contribution < -0.4 is 11.1 Å². The zero-order valence-corrected chi connectivity index (χ0v) is 17.0. The number of nitrogens with zero attached hydrogens (tertiary/aromatic N) is 2. The summed E-state index contributed by atoms with van der Waals surface area (Å²) in [5, 5.41) is 7.55. The van der Waals surface area contributed by atoms with Gasteiger partial charge in [0.15, 0.2) is 0 Å².